The van der Waals surface area contributed by atoms with Gasteiger partial charge in [-0.2, -0.15) is 0 Å². The van der Waals surface area contributed by atoms with Crippen LogP contribution in [0.1, 0.15) is 60.3 Å². The Kier molecular flexibility index (Phi) is 7.93. The van der Waals surface area contributed by atoms with Crippen LogP contribution in [0.15, 0.2) is 0 Å². The Morgan fingerprint density at radius 2 is 1.94 bits per heavy atom. The second kappa shape index (κ2) is 9.97. The molecule has 0 saturated carbocycles. The number of nitrogens with zero attached hydrogens (tertiary/aromatic N) is 1. The van der Waals surface area contributed by atoms with Crippen LogP contribution in [0.3, 0.4) is 0 Å². The molecule has 3 rings (SSSR count). The lowest BCUT2D eigenvalue weighted by Gasteiger charge is -2.38. The lowest BCUT2D eigenvalue weighted by Crippen LogP contribution is -2.60. The number of amides is 3. The predicted molar refractivity (Wildman–Crippen MR) is 124 cm³/mol. The van der Waals surface area contributed by atoms with Crippen LogP contribution >= 0.6 is 15.9 Å². The number of hydrogen-bond acceptors (Lipinski definition) is 5. The third kappa shape index (κ3) is 4.09. The third-order valence-corrected chi connectivity index (χ3v) is 8.10. The van der Waals surface area contributed by atoms with E-state index in [9.17, 15) is 19.5 Å². The minimum Gasteiger partial charge on any atom is -0.394 e. The lowest BCUT2D eigenvalue weighted by molar-refractivity contribution is -0.147. The summed E-state index contributed by atoms with van der Waals surface area (Å²) in [6.07, 6.45) is 2.55. The first-order valence-corrected chi connectivity index (χ1v) is 12.9. The van der Waals surface area contributed by atoms with Crippen LogP contribution < -0.4 is 10.6 Å². The summed E-state index contributed by atoms with van der Waals surface area (Å²) >= 11 is 3.66. The van der Waals surface area contributed by atoms with Gasteiger partial charge in [-0.25, -0.2) is 0 Å². The summed E-state index contributed by atoms with van der Waals surface area (Å²) in [4.78, 5) is 42.0. The molecule has 3 aliphatic heterocycles. The molecule has 3 saturated heterocycles. The molecule has 0 aromatic rings. The van der Waals surface area contributed by atoms with Crippen LogP contribution in [-0.2, 0) is 19.1 Å². The largest absolute Gasteiger partial charge is 0.394 e. The summed E-state index contributed by atoms with van der Waals surface area (Å²) in [6.45, 7) is 10.1. The van der Waals surface area contributed by atoms with Gasteiger partial charge in [0, 0.05) is 17.4 Å². The highest BCUT2D eigenvalue weighted by Crippen LogP contribution is 2.60. The molecule has 3 fully saturated rings. The molecule has 4 unspecified atom stereocenters. The highest BCUT2D eigenvalue weighted by Gasteiger charge is 2.77. The van der Waals surface area contributed by atoms with Gasteiger partial charge in [-0.15, -0.1) is 0 Å². The minimum atomic E-state index is -1.08. The number of carbonyl (C=O) groups is 3. The average molecular weight is 516 g/mol. The highest BCUT2D eigenvalue weighted by molar-refractivity contribution is 9.09. The molecule has 2 bridgehead atoms. The van der Waals surface area contributed by atoms with Crippen molar-refractivity contribution in [3.63, 3.8) is 0 Å². The maximum Gasteiger partial charge on any atom is 0.246 e. The topological polar surface area (TPSA) is 108 Å². The van der Waals surface area contributed by atoms with E-state index in [2.05, 4.69) is 33.5 Å². The van der Waals surface area contributed by atoms with Crippen molar-refractivity contribution in [2.75, 3.05) is 13.2 Å². The molecular weight excluding hydrogens is 478 g/mol. The Balaban J connectivity index is 2.04. The predicted octanol–water partition coefficient (Wildman–Crippen LogP) is 1.58. The van der Waals surface area contributed by atoms with E-state index in [-0.39, 0.29) is 41.1 Å². The van der Waals surface area contributed by atoms with Crippen molar-refractivity contribution in [3.8, 4) is 0 Å². The van der Waals surface area contributed by atoms with Crippen LogP contribution in [0.2, 0.25) is 0 Å². The fourth-order valence-corrected chi connectivity index (χ4v) is 6.78. The van der Waals surface area contributed by atoms with Crippen molar-refractivity contribution in [3.05, 3.63) is 0 Å². The molecule has 0 aromatic carbocycles. The van der Waals surface area contributed by atoms with Crippen molar-refractivity contribution in [1.29, 1.82) is 0 Å². The number of aliphatic hydroxyl groups is 1. The molecule has 1 spiro atoms. The number of hydrogen-bond donors (Lipinski definition) is 3. The second-order valence-electron chi connectivity index (χ2n) is 9.89. The summed E-state index contributed by atoms with van der Waals surface area (Å²) in [7, 11) is 0. The summed E-state index contributed by atoms with van der Waals surface area (Å²) in [5, 5.41) is 16.1. The van der Waals surface area contributed by atoms with Gasteiger partial charge in [0.2, 0.25) is 17.7 Å². The zero-order valence-electron chi connectivity index (χ0n) is 19.8. The van der Waals surface area contributed by atoms with E-state index in [1.165, 1.54) is 4.90 Å². The van der Waals surface area contributed by atoms with Gasteiger partial charge in [0.1, 0.15) is 11.6 Å². The van der Waals surface area contributed by atoms with Crippen molar-refractivity contribution in [1.82, 2.24) is 15.5 Å². The number of carbonyl (C=O) groups excluding carboxylic acids is 3. The molecular formula is C23H38BrN3O5. The number of likely N-dealkylation sites (tertiary alicyclic amines) is 1. The van der Waals surface area contributed by atoms with Crippen molar-refractivity contribution in [2.24, 2.45) is 17.8 Å². The summed E-state index contributed by atoms with van der Waals surface area (Å²) in [5.41, 5.74) is -1.08. The highest BCUT2D eigenvalue weighted by atomic mass is 79.9. The van der Waals surface area contributed by atoms with Crippen molar-refractivity contribution < 1.29 is 24.2 Å². The van der Waals surface area contributed by atoms with Crippen molar-refractivity contribution >= 4 is 33.7 Å². The van der Waals surface area contributed by atoms with Gasteiger partial charge in [-0.1, -0.05) is 50.0 Å². The van der Waals surface area contributed by atoms with E-state index in [4.69, 9.17) is 4.74 Å². The molecule has 9 heteroatoms. The van der Waals surface area contributed by atoms with Gasteiger partial charge in [-0.05, 0) is 32.1 Å². The first-order valence-electron chi connectivity index (χ1n) is 12.0. The average Bonchev–Trinajstić information content (AvgIpc) is 3.30. The molecule has 3 heterocycles. The maximum atomic E-state index is 13.9. The number of fused-ring (bicyclic) bond motifs is 1. The maximum absolute atomic E-state index is 13.9. The molecule has 32 heavy (non-hydrogen) atoms. The zero-order chi connectivity index (χ0) is 23.8. The quantitative estimate of drug-likeness (QED) is 0.383. The Bertz CT molecular complexity index is 734. The number of halogens is 1. The van der Waals surface area contributed by atoms with E-state index >= 15 is 0 Å². The van der Waals surface area contributed by atoms with E-state index in [1.54, 1.807) is 0 Å². The minimum absolute atomic E-state index is 0.0476. The zero-order valence-corrected chi connectivity index (χ0v) is 21.4. The van der Waals surface area contributed by atoms with Gasteiger partial charge in [0.15, 0.2) is 0 Å². The van der Waals surface area contributed by atoms with Gasteiger partial charge in [0.25, 0.3) is 0 Å². The van der Waals surface area contributed by atoms with Crippen LogP contribution in [0.5, 0.6) is 0 Å². The van der Waals surface area contributed by atoms with Gasteiger partial charge in [-0.3, -0.25) is 14.4 Å². The first kappa shape index (κ1) is 25.4. The van der Waals surface area contributed by atoms with Gasteiger partial charge >= 0.3 is 0 Å². The van der Waals surface area contributed by atoms with Gasteiger partial charge < -0.3 is 25.4 Å². The summed E-state index contributed by atoms with van der Waals surface area (Å²) in [5.74, 6) is -2.19. The van der Waals surface area contributed by atoms with Crippen LogP contribution in [0.4, 0.5) is 0 Å². The molecule has 0 aromatic heterocycles. The molecule has 182 valence electrons. The lowest BCUT2D eigenvalue weighted by atomic mass is 9.70. The second-order valence-corrected chi connectivity index (χ2v) is 11.1. The van der Waals surface area contributed by atoms with Crippen LogP contribution in [0.25, 0.3) is 0 Å². The Hall–Kier alpha value is -1.19. The normalized spacial score (nSPS) is 35.2. The molecule has 8 nitrogen and oxygen atoms in total. The SMILES string of the molecule is CCCNC(=O)[C@H]1[C@@H]2OC3(CC2Br)C(C(=O)NC(C)CCC)N([C@@H](CO)C(C)C)C(=O)[C@H]13. The number of nitrogens with one attached hydrogen (secondary N) is 2. The molecule has 8 atom stereocenters. The number of rotatable bonds is 10. The fourth-order valence-electron chi connectivity index (χ4n) is 5.84. The summed E-state index contributed by atoms with van der Waals surface area (Å²) < 4.78 is 6.45. The van der Waals surface area contributed by atoms with E-state index in [1.807, 2.05) is 27.7 Å². The first-order chi connectivity index (χ1) is 15.1. The molecule has 3 amide bonds. The van der Waals surface area contributed by atoms with Crippen LogP contribution in [-0.4, -0.2) is 75.5 Å². The number of aliphatic hydroxyl groups excluding tert-OH is 1. The van der Waals surface area contributed by atoms with Crippen molar-refractivity contribution in [2.45, 2.75) is 95.0 Å². The Morgan fingerprint density at radius 1 is 1.25 bits per heavy atom. The molecule has 3 N–H and O–H groups in total. The van der Waals surface area contributed by atoms with E-state index in [0.717, 1.165) is 19.3 Å². The number of ether oxygens (including phenoxy) is 1. The smallest absolute Gasteiger partial charge is 0.246 e. The van der Waals surface area contributed by atoms with Gasteiger partial charge in [0.05, 0.1) is 30.6 Å². The summed E-state index contributed by atoms with van der Waals surface area (Å²) in [6, 6.07) is -1.46. The fraction of sp³-hybridized carbons (Fsp3) is 0.870. The molecule has 0 aliphatic carbocycles. The molecule has 0 radical (unpaired) electrons. The third-order valence-electron chi connectivity index (χ3n) is 7.25. The monoisotopic (exact) mass is 515 g/mol. The Labute approximate surface area is 199 Å². The Morgan fingerprint density at radius 3 is 2.50 bits per heavy atom. The number of alkyl halides is 1. The molecule has 3 aliphatic rings. The standard InChI is InChI=1S/C23H38BrN3O5/c1-6-8-13(5)26-21(30)19-23-10-14(24)18(32-23)16(20(29)25-9-7-2)17(23)22(31)27(19)15(11-28)12(3)4/h12-19,28H,6-11H2,1-5H3,(H,25,29)(H,26,30)/t13?,14?,15-,16+,17-,18+,19?,23?/m0/s1. The van der Waals surface area contributed by atoms with E-state index in [0.29, 0.717) is 13.0 Å². The van der Waals surface area contributed by atoms with E-state index < -0.39 is 35.6 Å². The van der Waals surface area contributed by atoms with Crippen LogP contribution in [0, 0.1) is 17.8 Å².